The van der Waals surface area contributed by atoms with Gasteiger partial charge in [-0.2, -0.15) is 0 Å². The third-order valence-corrected chi connectivity index (χ3v) is 12.0. The largest absolute Gasteiger partial charge is 0.481 e. The van der Waals surface area contributed by atoms with Gasteiger partial charge >= 0.3 is 11.9 Å². The lowest BCUT2D eigenvalue weighted by molar-refractivity contribution is -0.140. The Kier molecular flexibility index (Phi) is 18.2. The summed E-state index contributed by atoms with van der Waals surface area (Å²) in [5, 5.41) is 60.0. The summed E-state index contributed by atoms with van der Waals surface area (Å²) in [7, 11) is -5.25. The zero-order valence-corrected chi connectivity index (χ0v) is 37.6. The molecule has 0 saturated heterocycles. The maximum Gasteiger partial charge on any atom is 0.305 e. The van der Waals surface area contributed by atoms with Gasteiger partial charge in [0.05, 0.1) is 72.5 Å². The molecule has 0 spiro atoms. The molecule has 4 atom stereocenters. The SMILES string of the molecule is CC(C)c1nc(N(C)S(C)(=O)=O)nc(/C2=C/C=C(/F)CC/C(c3nc(N(C)S(C)(=O)=O)nc(C(C)C)c3/C=C/[C@@H](O)C[C@@H](O)CC(=O)O)=C\C2)c1/C=C/[C@@H](O)C[C@@H](O)CC(=O)O. The van der Waals surface area contributed by atoms with E-state index < -0.39 is 75.1 Å². The van der Waals surface area contributed by atoms with Crippen molar-refractivity contribution in [2.75, 3.05) is 35.2 Å². The molecule has 6 N–H and O–H groups in total. The molecule has 62 heavy (non-hydrogen) atoms. The van der Waals surface area contributed by atoms with Crippen LogP contribution >= 0.6 is 0 Å². The first-order valence-corrected chi connectivity index (χ1v) is 23.4. The molecule has 0 bridgehead atoms. The van der Waals surface area contributed by atoms with E-state index in [1.54, 1.807) is 33.8 Å². The van der Waals surface area contributed by atoms with Gasteiger partial charge in [0.15, 0.2) is 0 Å². The number of aromatic nitrogens is 4. The Morgan fingerprint density at radius 2 is 1.10 bits per heavy atom. The number of hydrogen-bond acceptors (Lipinski definition) is 14. The summed E-state index contributed by atoms with van der Waals surface area (Å²) in [6, 6.07) is 0. The van der Waals surface area contributed by atoms with Crippen molar-refractivity contribution in [1.82, 2.24) is 19.9 Å². The van der Waals surface area contributed by atoms with Gasteiger partial charge in [-0.25, -0.2) is 49.8 Å². The Bertz CT molecular complexity index is 2350. The highest BCUT2D eigenvalue weighted by Crippen LogP contribution is 2.36. The van der Waals surface area contributed by atoms with Gasteiger partial charge in [0.2, 0.25) is 31.9 Å². The lowest BCUT2D eigenvalue weighted by atomic mass is 9.93. The van der Waals surface area contributed by atoms with E-state index in [0.717, 1.165) is 21.1 Å². The molecule has 0 saturated carbocycles. The Labute approximate surface area is 361 Å². The van der Waals surface area contributed by atoms with Crippen LogP contribution in [0.25, 0.3) is 23.3 Å². The highest BCUT2D eigenvalue weighted by atomic mass is 32.2. The van der Waals surface area contributed by atoms with Gasteiger partial charge in [-0.1, -0.05) is 64.2 Å². The minimum absolute atomic E-state index is 0.0121. The monoisotopic (exact) mass is 908 g/mol. The number of carbonyl (C=O) groups is 2. The standard InChI is InChI=1S/C41H57FN6O12S2/c1-23(2)36-32(17-15-28(49)19-30(51)21-34(53)54)38(45-40(43-36)47(5)61(7,57)58)25-9-10-26(12-14-27(42)13-11-25)39-33(18-16-29(50)20-31(52)22-35(55)56)37(24(3)4)44-41(46-39)48(6)62(8,59)60/h9,12,14-18,23-24,28-31,49-52H,10-11,13,19-22H2,1-8H3,(H,53,54)(H,55,56)/b17-15+,18-16+,25-9+,26-12+,27-14+/t28-,29-,30-,31-/m1/s1. The van der Waals surface area contributed by atoms with Crippen LogP contribution in [0.2, 0.25) is 0 Å². The topological polar surface area (TPSA) is 282 Å². The highest BCUT2D eigenvalue weighted by molar-refractivity contribution is 7.92. The van der Waals surface area contributed by atoms with E-state index in [1.807, 2.05) is 0 Å². The van der Waals surface area contributed by atoms with Gasteiger partial charge in [-0.15, -0.1) is 0 Å². The van der Waals surface area contributed by atoms with Crippen LogP contribution in [0.1, 0.15) is 118 Å². The lowest BCUT2D eigenvalue weighted by Crippen LogP contribution is -2.28. The third-order valence-electron chi connectivity index (χ3n) is 9.67. The summed E-state index contributed by atoms with van der Waals surface area (Å²) in [4.78, 5) is 40.7. The van der Waals surface area contributed by atoms with Gasteiger partial charge in [-0.05, 0) is 41.9 Å². The molecule has 21 heteroatoms. The van der Waals surface area contributed by atoms with Crippen LogP contribution in [0.3, 0.4) is 0 Å². The van der Waals surface area contributed by atoms with Gasteiger partial charge in [-0.3, -0.25) is 9.59 Å². The number of halogens is 1. The van der Waals surface area contributed by atoms with E-state index >= 15 is 4.39 Å². The average Bonchev–Trinajstić information content (AvgIpc) is 3.23. The minimum Gasteiger partial charge on any atom is -0.481 e. The molecular weight excluding hydrogens is 852 g/mol. The number of aliphatic carboxylic acids is 2. The zero-order valence-electron chi connectivity index (χ0n) is 36.0. The van der Waals surface area contributed by atoms with Crippen molar-refractivity contribution in [2.45, 2.75) is 109 Å². The number of aliphatic hydroxyl groups is 4. The van der Waals surface area contributed by atoms with E-state index in [0.29, 0.717) is 33.7 Å². The number of sulfonamides is 2. The number of aliphatic hydroxyl groups excluding tert-OH is 4. The number of carboxylic acids is 2. The molecule has 1 aliphatic carbocycles. The van der Waals surface area contributed by atoms with Crippen molar-refractivity contribution < 1.29 is 61.5 Å². The van der Waals surface area contributed by atoms with E-state index in [-0.39, 0.29) is 67.2 Å². The van der Waals surface area contributed by atoms with Crippen molar-refractivity contribution in [2.24, 2.45) is 0 Å². The second kappa shape index (κ2) is 21.9. The number of allylic oxidation sites excluding steroid dienone is 6. The highest BCUT2D eigenvalue weighted by Gasteiger charge is 2.27. The summed E-state index contributed by atoms with van der Waals surface area (Å²) in [5.41, 5.74) is 2.44. The fourth-order valence-corrected chi connectivity index (χ4v) is 7.00. The predicted octanol–water partition coefficient (Wildman–Crippen LogP) is 4.01. The first kappa shape index (κ1) is 51.4. The van der Waals surface area contributed by atoms with Gasteiger partial charge in [0, 0.05) is 44.5 Å². The van der Waals surface area contributed by atoms with Crippen LogP contribution in [0.15, 0.2) is 36.2 Å². The molecule has 0 unspecified atom stereocenters. The lowest BCUT2D eigenvalue weighted by Gasteiger charge is -2.22. The Balaban J connectivity index is 2.39. The first-order chi connectivity index (χ1) is 28.7. The molecule has 18 nitrogen and oxygen atoms in total. The maximum absolute atomic E-state index is 15.8. The van der Waals surface area contributed by atoms with Crippen LogP contribution in [-0.2, 0) is 29.6 Å². The Morgan fingerprint density at radius 3 is 1.47 bits per heavy atom. The second-order valence-corrected chi connectivity index (χ2v) is 19.7. The van der Waals surface area contributed by atoms with Gasteiger partial charge in [0.1, 0.15) is 5.83 Å². The summed E-state index contributed by atoms with van der Waals surface area (Å²) in [6.07, 6.45) is 4.60. The molecule has 0 aromatic carbocycles. The summed E-state index contributed by atoms with van der Waals surface area (Å²) < 4.78 is 68.5. The fourth-order valence-electron chi connectivity index (χ4n) is 6.25. The van der Waals surface area contributed by atoms with Crippen LogP contribution < -0.4 is 8.61 Å². The molecule has 1 aliphatic rings. The molecule has 0 aliphatic heterocycles. The fraction of sp³-hybridized carbons (Fsp3) is 0.512. The number of carboxylic acid groups (broad SMARTS) is 2. The van der Waals surface area contributed by atoms with Crippen LogP contribution in [0.4, 0.5) is 16.3 Å². The Hall–Kier alpha value is -4.93. The van der Waals surface area contributed by atoms with Crippen LogP contribution in [-0.4, -0.2) is 130 Å². The summed E-state index contributed by atoms with van der Waals surface area (Å²) in [6.45, 7) is 7.18. The van der Waals surface area contributed by atoms with E-state index in [9.17, 15) is 46.9 Å². The first-order valence-electron chi connectivity index (χ1n) is 19.7. The van der Waals surface area contributed by atoms with Crippen LogP contribution in [0, 0.1) is 0 Å². The molecule has 0 radical (unpaired) electrons. The number of anilines is 2. The molecule has 2 aromatic rings. The smallest absolute Gasteiger partial charge is 0.305 e. The third kappa shape index (κ3) is 14.9. The Morgan fingerprint density at radius 1 is 0.694 bits per heavy atom. The normalized spacial score (nSPS) is 18.8. The molecule has 2 heterocycles. The molecule has 3 rings (SSSR count). The van der Waals surface area contributed by atoms with Crippen molar-refractivity contribution >= 4 is 67.2 Å². The molecule has 0 fully saturated rings. The van der Waals surface area contributed by atoms with Crippen molar-refractivity contribution in [3.8, 4) is 0 Å². The average molecular weight is 909 g/mol. The van der Waals surface area contributed by atoms with Gasteiger partial charge < -0.3 is 30.6 Å². The second-order valence-electron chi connectivity index (χ2n) is 15.7. The van der Waals surface area contributed by atoms with E-state index in [2.05, 4.69) is 19.9 Å². The van der Waals surface area contributed by atoms with Crippen molar-refractivity contribution in [1.29, 1.82) is 0 Å². The zero-order chi connectivity index (χ0) is 46.9. The summed E-state index contributed by atoms with van der Waals surface area (Å²) >= 11 is 0. The quantitative estimate of drug-likeness (QED) is 0.109. The number of rotatable bonds is 20. The van der Waals surface area contributed by atoms with Crippen LogP contribution in [0.5, 0.6) is 0 Å². The number of hydrogen-bond donors (Lipinski definition) is 6. The summed E-state index contributed by atoms with van der Waals surface area (Å²) in [5.74, 6) is -4.23. The predicted molar refractivity (Wildman–Crippen MR) is 234 cm³/mol. The van der Waals surface area contributed by atoms with E-state index in [1.165, 1.54) is 50.6 Å². The van der Waals surface area contributed by atoms with Crippen molar-refractivity contribution in [3.63, 3.8) is 0 Å². The molecule has 2 aromatic heterocycles. The molecule has 342 valence electrons. The van der Waals surface area contributed by atoms with E-state index in [4.69, 9.17) is 10.2 Å². The maximum atomic E-state index is 15.8. The minimum atomic E-state index is -3.90. The molecular formula is C41H57FN6O12S2. The van der Waals surface area contributed by atoms with Gasteiger partial charge in [0.25, 0.3) is 0 Å². The van der Waals surface area contributed by atoms with Crippen molar-refractivity contribution in [3.05, 3.63) is 70.1 Å². The molecule has 0 amide bonds. The number of nitrogens with zero attached hydrogens (tertiary/aromatic N) is 6.